The Hall–Kier alpha value is -2.76. The molecule has 0 atom stereocenters. The molecule has 0 unspecified atom stereocenters. The summed E-state index contributed by atoms with van der Waals surface area (Å²) in [7, 11) is 0. The van der Waals surface area contributed by atoms with Crippen molar-refractivity contribution in [2.24, 2.45) is 0 Å². The number of carbonyl (C=O) groups is 2. The van der Waals surface area contributed by atoms with Gasteiger partial charge in [0, 0.05) is 24.1 Å². The van der Waals surface area contributed by atoms with Crippen molar-refractivity contribution >= 4 is 22.8 Å². The summed E-state index contributed by atoms with van der Waals surface area (Å²) in [5.41, 5.74) is 8.90. The van der Waals surface area contributed by atoms with Crippen LogP contribution in [-0.4, -0.2) is 44.7 Å². The molecule has 32 heavy (non-hydrogen) atoms. The van der Waals surface area contributed by atoms with Gasteiger partial charge in [0.2, 0.25) is 0 Å². The van der Waals surface area contributed by atoms with Crippen molar-refractivity contribution in [3.8, 4) is 0 Å². The van der Waals surface area contributed by atoms with Crippen LogP contribution in [0, 0.1) is 6.92 Å². The molecule has 1 N–H and O–H groups in total. The highest BCUT2D eigenvalue weighted by Crippen LogP contribution is 2.32. The lowest BCUT2D eigenvalue weighted by atomic mass is 9.88. The second-order valence-electron chi connectivity index (χ2n) is 8.74. The zero-order valence-corrected chi connectivity index (χ0v) is 19.2. The number of hydrogen-bond acceptors (Lipinski definition) is 4. The van der Waals surface area contributed by atoms with Crippen LogP contribution in [0.25, 0.3) is 11.1 Å². The van der Waals surface area contributed by atoms with Crippen molar-refractivity contribution in [3.63, 3.8) is 0 Å². The standard InChI is InChI=1S/C27H31NO4/c1-17-12-18(2)25(26(29)13-17)16-28-27(30)24-15-22(20-4-8-31-9-5-20)14-23(19(24)3)21-6-10-32-11-7-21/h4,6,12,14-15H,5,7-11,13,16H2,1-3H3,(H,28,30). The Bertz CT molecular complexity index is 1070. The fourth-order valence-corrected chi connectivity index (χ4v) is 4.62. The summed E-state index contributed by atoms with van der Waals surface area (Å²) in [5.74, 6) is -0.0565. The van der Waals surface area contributed by atoms with Crippen LogP contribution in [-0.2, 0) is 14.3 Å². The fraction of sp³-hybridized carbons (Fsp3) is 0.407. The summed E-state index contributed by atoms with van der Waals surface area (Å²) < 4.78 is 11.0. The van der Waals surface area contributed by atoms with Gasteiger partial charge in [-0.1, -0.05) is 23.8 Å². The van der Waals surface area contributed by atoms with E-state index in [-0.39, 0.29) is 18.2 Å². The lowest BCUT2D eigenvalue weighted by molar-refractivity contribution is -0.115. The SMILES string of the molecule is CC1=CC(C)=C(CNC(=O)c2cc(C3=CCOCC3)cc(C3=CCOCC3)c2C)C(=O)C1. The van der Waals surface area contributed by atoms with Gasteiger partial charge in [-0.2, -0.15) is 0 Å². The van der Waals surface area contributed by atoms with Crippen molar-refractivity contribution in [1.82, 2.24) is 5.32 Å². The van der Waals surface area contributed by atoms with E-state index >= 15 is 0 Å². The van der Waals surface area contributed by atoms with Gasteiger partial charge < -0.3 is 14.8 Å². The van der Waals surface area contributed by atoms with Crippen molar-refractivity contribution in [1.29, 1.82) is 0 Å². The molecule has 0 fully saturated rings. The molecular weight excluding hydrogens is 402 g/mol. The number of carbonyl (C=O) groups excluding carboxylic acids is 2. The molecule has 0 radical (unpaired) electrons. The summed E-state index contributed by atoms with van der Waals surface area (Å²) in [6.07, 6.45) is 8.33. The first-order valence-electron chi connectivity index (χ1n) is 11.3. The van der Waals surface area contributed by atoms with Crippen LogP contribution in [0.5, 0.6) is 0 Å². The Morgan fingerprint density at radius 1 is 1.00 bits per heavy atom. The fourth-order valence-electron chi connectivity index (χ4n) is 4.62. The normalized spacial score (nSPS) is 19.3. The number of benzene rings is 1. The van der Waals surface area contributed by atoms with Gasteiger partial charge >= 0.3 is 0 Å². The summed E-state index contributed by atoms with van der Waals surface area (Å²) in [5, 5.41) is 3.01. The molecule has 2 heterocycles. The third kappa shape index (κ3) is 4.84. The Balaban J connectivity index is 1.66. The highest BCUT2D eigenvalue weighted by atomic mass is 16.5. The second-order valence-corrected chi connectivity index (χ2v) is 8.74. The number of allylic oxidation sites excluding steroid dienone is 3. The molecule has 1 aromatic carbocycles. The van der Waals surface area contributed by atoms with E-state index in [2.05, 4.69) is 23.5 Å². The summed E-state index contributed by atoms with van der Waals surface area (Å²) >= 11 is 0. The largest absolute Gasteiger partial charge is 0.377 e. The van der Waals surface area contributed by atoms with E-state index in [1.807, 2.05) is 32.9 Å². The predicted molar refractivity (Wildman–Crippen MR) is 126 cm³/mol. The van der Waals surface area contributed by atoms with Gasteiger partial charge in [-0.25, -0.2) is 0 Å². The smallest absolute Gasteiger partial charge is 0.251 e. The first kappa shape index (κ1) is 22.4. The highest BCUT2D eigenvalue weighted by molar-refractivity contribution is 6.02. The number of ether oxygens (including phenoxy) is 2. The van der Waals surface area contributed by atoms with Crippen LogP contribution in [0.3, 0.4) is 0 Å². The quantitative estimate of drug-likeness (QED) is 0.739. The molecule has 5 nitrogen and oxygen atoms in total. The van der Waals surface area contributed by atoms with Crippen LogP contribution in [0.4, 0.5) is 0 Å². The molecule has 1 aliphatic carbocycles. The van der Waals surface area contributed by atoms with Crippen molar-refractivity contribution < 1.29 is 19.1 Å². The maximum absolute atomic E-state index is 13.3. The van der Waals surface area contributed by atoms with E-state index in [1.165, 1.54) is 11.1 Å². The van der Waals surface area contributed by atoms with Gasteiger partial charge in [0.05, 0.1) is 26.4 Å². The van der Waals surface area contributed by atoms with Crippen molar-refractivity contribution in [2.45, 2.75) is 40.0 Å². The lowest BCUT2D eigenvalue weighted by Crippen LogP contribution is -2.30. The molecule has 168 valence electrons. The number of rotatable bonds is 5. The molecule has 0 saturated heterocycles. The van der Waals surface area contributed by atoms with Crippen LogP contribution in [0.15, 0.2) is 47.1 Å². The molecule has 1 amide bonds. The number of ketones is 1. The number of Topliss-reactive ketones (excluding diaryl/α,β-unsaturated/α-hetero) is 1. The molecule has 0 aromatic heterocycles. The zero-order chi connectivity index (χ0) is 22.7. The van der Waals surface area contributed by atoms with E-state index in [0.29, 0.717) is 44.0 Å². The molecule has 0 saturated carbocycles. The van der Waals surface area contributed by atoms with Crippen LogP contribution in [0.1, 0.15) is 60.2 Å². The topological polar surface area (TPSA) is 64.6 Å². The van der Waals surface area contributed by atoms with Gasteiger partial charge in [0.15, 0.2) is 5.78 Å². The van der Waals surface area contributed by atoms with Gasteiger partial charge in [0.25, 0.3) is 5.91 Å². The molecule has 1 aromatic rings. The van der Waals surface area contributed by atoms with Crippen LogP contribution < -0.4 is 5.32 Å². The minimum atomic E-state index is -0.148. The maximum atomic E-state index is 13.3. The minimum Gasteiger partial charge on any atom is -0.377 e. The van der Waals surface area contributed by atoms with Crippen molar-refractivity contribution in [3.05, 3.63) is 69.3 Å². The van der Waals surface area contributed by atoms with E-state index in [0.717, 1.165) is 40.7 Å². The number of nitrogens with one attached hydrogen (secondary N) is 1. The first-order chi connectivity index (χ1) is 15.4. The number of hydrogen-bond donors (Lipinski definition) is 1. The van der Waals surface area contributed by atoms with Crippen molar-refractivity contribution in [2.75, 3.05) is 33.0 Å². The molecule has 0 spiro atoms. The highest BCUT2D eigenvalue weighted by Gasteiger charge is 2.22. The zero-order valence-electron chi connectivity index (χ0n) is 19.2. The molecule has 0 bridgehead atoms. The first-order valence-corrected chi connectivity index (χ1v) is 11.3. The maximum Gasteiger partial charge on any atom is 0.251 e. The monoisotopic (exact) mass is 433 g/mol. The number of amides is 1. The van der Waals surface area contributed by atoms with E-state index in [9.17, 15) is 9.59 Å². The van der Waals surface area contributed by atoms with Gasteiger partial charge in [-0.3, -0.25) is 9.59 Å². The van der Waals surface area contributed by atoms with Crippen LogP contribution >= 0.6 is 0 Å². The minimum absolute atomic E-state index is 0.0914. The third-order valence-electron chi connectivity index (χ3n) is 6.44. The predicted octanol–water partition coefficient (Wildman–Crippen LogP) is 4.57. The Morgan fingerprint density at radius 2 is 1.69 bits per heavy atom. The average Bonchev–Trinajstić information content (AvgIpc) is 2.79. The van der Waals surface area contributed by atoms with Gasteiger partial charge in [0.1, 0.15) is 0 Å². The Kier molecular flexibility index (Phi) is 6.87. The Labute approximate surface area is 189 Å². The summed E-state index contributed by atoms with van der Waals surface area (Å²) in [6, 6.07) is 4.19. The molecule has 4 rings (SSSR count). The lowest BCUT2D eigenvalue weighted by Gasteiger charge is -2.22. The Morgan fingerprint density at radius 3 is 2.31 bits per heavy atom. The van der Waals surface area contributed by atoms with Gasteiger partial charge in [-0.15, -0.1) is 0 Å². The molecular formula is C27H31NO4. The van der Waals surface area contributed by atoms with E-state index in [4.69, 9.17) is 9.47 Å². The second kappa shape index (κ2) is 9.80. The third-order valence-corrected chi connectivity index (χ3v) is 6.44. The van der Waals surface area contributed by atoms with E-state index < -0.39 is 0 Å². The van der Waals surface area contributed by atoms with E-state index in [1.54, 1.807) is 0 Å². The van der Waals surface area contributed by atoms with Crippen LogP contribution in [0.2, 0.25) is 0 Å². The summed E-state index contributed by atoms with van der Waals surface area (Å²) in [4.78, 5) is 25.8. The van der Waals surface area contributed by atoms with Gasteiger partial charge in [-0.05, 0) is 79.2 Å². The molecule has 2 aliphatic heterocycles. The molecule has 3 aliphatic rings. The average molecular weight is 434 g/mol. The summed E-state index contributed by atoms with van der Waals surface area (Å²) in [6.45, 7) is 8.72. The molecule has 5 heteroatoms.